The highest BCUT2D eigenvalue weighted by atomic mass is 16.5. The first-order chi connectivity index (χ1) is 7.97. The van der Waals surface area contributed by atoms with Crippen molar-refractivity contribution in [3.63, 3.8) is 0 Å². The van der Waals surface area contributed by atoms with Crippen molar-refractivity contribution in [2.24, 2.45) is 0 Å². The minimum atomic E-state index is -1.19. The van der Waals surface area contributed by atoms with E-state index in [1.54, 1.807) is 20.8 Å². The second-order valence-corrected chi connectivity index (χ2v) is 3.87. The number of nitrogens with zero attached hydrogens (tertiary/aromatic N) is 1. The summed E-state index contributed by atoms with van der Waals surface area (Å²) in [5.74, 6) is -0.530. The third-order valence-corrected chi connectivity index (χ3v) is 2.53. The Labute approximate surface area is 99.6 Å². The lowest BCUT2D eigenvalue weighted by molar-refractivity contribution is -0.147. The lowest BCUT2D eigenvalue weighted by atomic mass is 10.0. The molecule has 1 aromatic rings. The average molecular weight is 242 g/mol. The van der Waals surface area contributed by atoms with E-state index in [4.69, 9.17) is 4.74 Å². The SMILES string of the molecule is CCOC(=O)CC(O)C(O)c1c(C)n[nH]c1C. The number of aliphatic hydroxyl groups excluding tert-OH is 2. The Kier molecular flexibility index (Phi) is 4.65. The van der Waals surface area contributed by atoms with Gasteiger partial charge >= 0.3 is 5.97 Å². The predicted molar refractivity (Wildman–Crippen MR) is 60.3 cm³/mol. The van der Waals surface area contributed by atoms with E-state index in [1.807, 2.05) is 0 Å². The summed E-state index contributed by atoms with van der Waals surface area (Å²) < 4.78 is 4.71. The molecule has 96 valence electrons. The van der Waals surface area contributed by atoms with Gasteiger partial charge in [-0.05, 0) is 20.8 Å². The maximum Gasteiger partial charge on any atom is 0.308 e. The summed E-state index contributed by atoms with van der Waals surface area (Å²) in [6.45, 7) is 5.41. The van der Waals surface area contributed by atoms with Crippen LogP contribution in [0.2, 0.25) is 0 Å². The van der Waals surface area contributed by atoms with Gasteiger partial charge in [0, 0.05) is 11.3 Å². The first kappa shape index (κ1) is 13.7. The number of hydrogen-bond acceptors (Lipinski definition) is 5. The van der Waals surface area contributed by atoms with Crippen LogP contribution in [0.4, 0.5) is 0 Å². The summed E-state index contributed by atoms with van der Waals surface area (Å²) >= 11 is 0. The third kappa shape index (κ3) is 3.28. The van der Waals surface area contributed by atoms with Crippen LogP contribution in [-0.2, 0) is 9.53 Å². The molecule has 0 radical (unpaired) electrons. The molecule has 3 N–H and O–H groups in total. The van der Waals surface area contributed by atoms with Gasteiger partial charge in [-0.3, -0.25) is 9.89 Å². The van der Waals surface area contributed by atoms with Crippen LogP contribution in [0.25, 0.3) is 0 Å². The topological polar surface area (TPSA) is 95.4 Å². The Bertz CT molecular complexity index is 369. The Balaban J connectivity index is 2.70. The van der Waals surface area contributed by atoms with Crippen molar-refractivity contribution < 1.29 is 19.7 Å². The van der Waals surface area contributed by atoms with Gasteiger partial charge in [-0.15, -0.1) is 0 Å². The smallest absolute Gasteiger partial charge is 0.308 e. The second kappa shape index (κ2) is 5.79. The number of rotatable bonds is 5. The summed E-state index contributed by atoms with van der Waals surface area (Å²) in [6, 6.07) is 0. The monoisotopic (exact) mass is 242 g/mol. The van der Waals surface area contributed by atoms with Crippen LogP contribution in [0.1, 0.15) is 36.4 Å². The summed E-state index contributed by atoms with van der Waals surface area (Å²) in [5.41, 5.74) is 1.82. The number of aliphatic hydroxyl groups is 2. The molecule has 0 fully saturated rings. The van der Waals surface area contributed by atoms with Crippen molar-refractivity contribution in [1.82, 2.24) is 10.2 Å². The number of carbonyl (C=O) groups is 1. The van der Waals surface area contributed by atoms with Gasteiger partial charge in [-0.25, -0.2) is 0 Å². The molecule has 0 amide bonds. The number of aromatic amines is 1. The zero-order valence-electron chi connectivity index (χ0n) is 10.2. The number of esters is 1. The van der Waals surface area contributed by atoms with Crippen LogP contribution in [0.3, 0.4) is 0 Å². The van der Waals surface area contributed by atoms with Crippen LogP contribution >= 0.6 is 0 Å². The van der Waals surface area contributed by atoms with Crippen molar-refractivity contribution >= 4 is 5.97 Å². The van der Waals surface area contributed by atoms with Gasteiger partial charge in [0.15, 0.2) is 0 Å². The normalized spacial score (nSPS) is 14.4. The number of hydrogen-bond donors (Lipinski definition) is 3. The molecule has 0 aliphatic rings. The van der Waals surface area contributed by atoms with Gasteiger partial charge in [0.1, 0.15) is 6.10 Å². The zero-order chi connectivity index (χ0) is 13.0. The Hall–Kier alpha value is -1.40. The lowest BCUT2D eigenvalue weighted by Gasteiger charge is -2.17. The molecule has 0 spiro atoms. The second-order valence-electron chi connectivity index (χ2n) is 3.87. The Morgan fingerprint density at radius 2 is 2.12 bits per heavy atom. The molecule has 0 saturated heterocycles. The van der Waals surface area contributed by atoms with Crippen molar-refractivity contribution in [2.75, 3.05) is 6.61 Å². The van der Waals surface area contributed by atoms with Crippen LogP contribution in [0, 0.1) is 13.8 Å². The molecule has 0 aromatic carbocycles. The molecule has 2 unspecified atom stereocenters. The molecule has 17 heavy (non-hydrogen) atoms. The van der Waals surface area contributed by atoms with E-state index in [-0.39, 0.29) is 13.0 Å². The van der Waals surface area contributed by atoms with E-state index in [9.17, 15) is 15.0 Å². The molecular weight excluding hydrogens is 224 g/mol. The van der Waals surface area contributed by atoms with Crippen molar-refractivity contribution in [3.8, 4) is 0 Å². The standard InChI is InChI=1S/C11H18N2O4/c1-4-17-9(15)5-8(14)11(16)10-6(2)12-13-7(10)3/h8,11,14,16H,4-5H2,1-3H3,(H,12,13). The van der Waals surface area contributed by atoms with Crippen LogP contribution < -0.4 is 0 Å². The lowest BCUT2D eigenvalue weighted by Crippen LogP contribution is -2.23. The number of ether oxygens (including phenoxy) is 1. The molecule has 0 bridgehead atoms. The molecule has 0 aliphatic carbocycles. The first-order valence-corrected chi connectivity index (χ1v) is 5.50. The zero-order valence-corrected chi connectivity index (χ0v) is 10.2. The van der Waals surface area contributed by atoms with E-state index < -0.39 is 18.2 Å². The van der Waals surface area contributed by atoms with Gasteiger partial charge in [0.25, 0.3) is 0 Å². The van der Waals surface area contributed by atoms with Crippen molar-refractivity contribution in [2.45, 2.75) is 39.4 Å². The average Bonchev–Trinajstić information content (AvgIpc) is 2.58. The highest BCUT2D eigenvalue weighted by Crippen LogP contribution is 2.24. The fraction of sp³-hybridized carbons (Fsp3) is 0.636. The maximum atomic E-state index is 11.2. The quantitative estimate of drug-likeness (QED) is 0.648. The van der Waals surface area contributed by atoms with E-state index in [2.05, 4.69) is 10.2 Å². The molecular formula is C11H18N2O4. The first-order valence-electron chi connectivity index (χ1n) is 5.50. The van der Waals surface area contributed by atoms with Crippen LogP contribution in [0.15, 0.2) is 0 Å². The minimum Gasteiger partial charge on any atom is -0.466 e. The van der Waals surface area contributed by atoms with Gasteiger partial charge < -0.3 is 14.9 Å². The van der Waals surface area contributed by atoms with E-state index >= 15 is 0 Å². The van der Waals surface area contributed by atoms with Gasteiger partial charge in [0.05, 0.1) is 24.8 Å². The summed E-state index contributed by atoms with van der Waals surface area (Å²) in [4.78, 5) is 11.2. The minimum absolute atomic E-state index is 0.237. The Morgan fingerprint density at radius 1 is 1.47 bits per heavy atom. The van der Waals surface area contributed by atoms with Crippen molar-refractivity contribution in [1.29, 1.82) is 0 Å². The van der Waals surface area contributed by atoms with Crippen LogP contribution in [0.5, 0.6) is 0 Å². The molecule has 0 saturated carbocycles. The fourth-order valence-electron chi connectivity index (χ4n) is 1.69. The largest absolute Gasteiger partial charge is 0.466 e. The molecule has 1 aromatic heterocycles. The number of nitrogens with one attached hydrogen (secondary N) is 1. The number of carbonyl (C=O) groups excluding carboxylic acids is 1. The summed E-state index contributed by atoms with van der Waals surface area (Å²) in [7, 11) is 0. The van der Waals surface area contributed by atoms with Gasteiger partial charge in [0.2, 0.25) is 0 Å². The molecule has 1 rings (SSSR count). The van der Waals surface area contributed by atoms with E-state index in [1.165, 1.54) is 0 Å². The highest BCUT2D eigenvalue weighted by molar-refractivity contribution is 5.70. The van der Waals surface area contributed by atoms with Gasteiger partial charge in [-0.1, -0.05) is 0 Å². The number of H-pyrrole nitrogens is 1. The highest BCUT2D eigenvalue weighted by Gasteiger charge is 2.26. The van der Waals surface area contributed by atoms with Gasteiger partial charge in [-0.2, -0.15) is 5.10 Å². The predicted octanol–water partition coefficient (Wildman–Crippen LogP) is 0.374. The molecule has 2 atom stereocenters. The molecule has 1 heterocycles. The van der Waals surface area contributed by atoms with E-state index in [0.29, 0.717) is 17.0 Å². The number of aryl methyl sites for hydroxylation is 2. The summed E-state index contributed by atoms with van der Waals surface area (Å²) in [5, 5.41) is 26.3. The summed E-state index contributed by atoms with van der Waals surface area (Å²) in [6.07, 6.45) is -2.57. The maximum absolute atomic E-state index is 11.2. The molecule has 0 aliphatic heterocycles. The van der Waals surface area contributed by atoms with Crippen molar-refractivity contribution in [3.05, 3.63) is 17.0 Å². The number of aromatic nitrogens is 2. The van der Waals surface area contributed by atoms with E-state index in [0.717, 1.165) is 0 Å². The molecule has 6 heteroatoms. The third-order valence-electron chi connectivity index (χ3n) is 2.53. The Morgan fingerprint density at radius 3 is 2.59 bits per heavy atom. The fourth-order valence-corrected chi connectivity index (χ4v) is 1.69. The molecule has 6 nitrogen and oxygen atoms in total. The van der Waals surface area contributed by atoms with Crippen LogP contribution in [-0.4, -0.2) is 39.1 Å².